The Kier molecular flexibility index (Phi) is 5.60. The van der Waals surface area contributed by atoms with Gasteiger partial charge in [-0.1, -0.05) is 36.4 Å². The van der Waals surface area contributed by atoms with Gasteiger partial charge in [0, 0.05) is 10.4 Å². The van der Waals surface area contributed by atoms with Gasteiger partial charge in [0.1, 0.15) is 24.6 Å². The van der Waals surface area contributed by atoms with Gasteiger partial charge in [0.2, 0.25) is 5.91 Å². The van der Waals surface area contributed by atoms with Gasteiger partial charge < -0.3 is 14.8 Å². The van der Waals surface area contributed by atoms with Crippen LogP contribution in [0.15, 0.2) is 59.7 Å². The molecule has 1 aliphatic heterocycles. The predicted molar refractivity (Wildman–Crippen MR) is 128 cm³/mol. The Morgan fingerprint density at radius 2 is 1.91 bits per heavy atom. The summed E-state index contributed by atoms with van der Waals surface area (Å²) in [6.07, 6.45) is 1.45. The van der Waals surface area contributed by atoms with E-state index >= 15 is 0 Å². The SMILES string of the molecule is Cc1sc2ncn(CC(=O)NC(C)c3ccc4c(c3)OCCO4)c(=O)c2c1-c1ccccc1. The maximum Gasteiger partial charge on any atom is 0.263 e. The average molecular weight is 462 g/mol. The number of aryl methyl sites for hydroxylation is 1. The molecule has 0 radical (unpaired) electrons. The molecule has 1 N–H and O–H groups in total. The first kappa shape index (κ1) is 21.2. The van der Waals surface area contributed by atoms with Crippen LogP contribution in [-0.4, -0.2) is 28.7 Å². The molecule has 168 valence electrons. The first-order valence-electron chi connectivity index (χ1n) is 10.7. The van der Waals surface area contributed by atoms with E-state index in [1.807, 2.05) is 62.4 Å². The van der Waals surface area contributed by atoms with Gasteiger partial charge in [0.05, 0.1) is 17.8 Å². The van der Waals surface area contributed by atoms with Crippen molar-refractivity contribution in [1.29, 1.82) is 0 Å². The molecule has 1 atom stereocenters. The lowest BCUT2D eigenvalue weighted by atomic mass is 10.0. The summed E-state index contributed by atoms with van der Waals surface area (Å²) in [5, 5.41) is 3.51. The number of benzene rings is 2. The Hall–Kier alpha value is -3.65. The molecule has 0 bridgehead atoms. The topological polar surface area (TPSA) is 82.5 Å². The van der Waals surface area contributed by atoms with Gasteiger partial charge in [-0.15, -0.1) is 11.3 Å². The minimum atomic E-state index is -0.270. The van der Waals surface area contributed by atoms with Gasteiger partial charge >= 0.3 is 0 Å². The van der Waals surface area contributed by atoms with Crippen LogP contribution < -0.4 is 20.3 Å². The van der Waals surface area contributed by atoms with Gasteiger partial charge in [-0.05, 0) is 37.1 Å². The fourth-order valence-corrected chi connectivity index (χ4v) is 5.06. The van der Waals surface area contributed by atoms with Crippen molar-refractivity contribution in [2.24, 2.45) is 0 Å². The highest BCUT2D eigenvalue weighted by Gasteiger charge is 2.19. The highest BCUT2D eigenvalue weighted by Crippen LogP contribution is 2.35. The number of carbonyl (C=O) groups excluding carboxylic acids is 1. The van der Waals surface area contributed by atoms with E-state index in [9.17, 15) is 9.59 Å². The molecule has 1 unspecified atom stereocenters. The summed E-state index contributed by atoms with van der Waals surface area (Å²) in [5.41, 5.74) is 2.53. The van der Waals surface area contributed by atoms with Crippen LogP contribution in [0.3, 0.4) is 0 Å². The number of aromatic nitrogens is 2. The summed E-state index contributed by atoms with van der Waals surface area (Å²) in [7, 11) is 0. The number of carbonyl (C=O) groups is 1. The average Bonchev–Trinajstić information content (AvgIpc) is 3.17. The van der Waals surface area contributed by atoms with E-state index in [0.717, 1.165) is 21.6 Å². The van der Waals surface area contributed by atoms with Gasteiger partial charge in [0.15, 0.2) is 11.5 Å². The van der Waals surface area contributed by atoms with Crippen molar-refractivity contribution < 1.29 is 14.3 Å². The lowest BCUT2D eigenvalue weighted by molar-refractivity contribution is -0.122. The molecule has 0 saturated carbocycles. The number of ether oxygens (including phenoxy) is 2. The number of nitrogens with one attached hydrogen (secondary N) is 1. The fraction of sp³-hybridized carbons (Fsp3) is 0.240. The number of rotatable bonds is 5. The Morgan fingerprint density at radius 1 is 1.15 bits per heavy atom. The monoisotopic (exact) mass is 461 g/mol. The van der Waals surface area contributed by atoms with Crippen molar-refractivity contribution >= 4 is 27.5 Å². The number of fused-ring (bicyclic) bond motifs is 2. The first-order chi connectivity index (χ1) is 16.0. The van der Waals surface area contributed by atoms with Crippen LogP contribution in [0.1, 0.15) is 23.4 Å². The first-order valence-corrected chi connectivity index (χ1v) is 11.6. The lowest BCUT2D eigenvalue weighted by Gasteiger charge is -2.21. The Bertz CT molecular complexity index is 1390. The molecule has 0 fully saturated rings. The minimum absolute atomic E-state index is 0.111. The molecule has 33 heavy (non-hydrogen) atoms. The van der Waals surface area contributed by atoms with Crippen LogP contribution in [0.5, 0.6) is 11.5 Å². The van der Waals surface area contributed by atoms with Crippen molar-refractivity contribution in [2.45, 2.75) is 26.4 Å². The van der Waals surface area contributed by atoms with Crippen molar-refractivity contribution in [2.75, 3.05) is 13.2 Å². The zero-order valence-electron chi connectivity index (χ0n) is 18.3. The summed E-state index contributed by atoms with van der Waals surface area (Å²) in [4.78, 5) is 32.2. The molecule has 8 heteroatoms. The molecule has 3 heterocycles. The number of hydrogen-bond donors (Lipinski definition) is 1. The van der Waals surface area contributed by atoms with E-state index in [1.54, 1.807) is 0 Å². The second-order valence-electron chi connectivity index (χ2n) is 7.95. The molecule has 5 rings (SSSR count). The summed E-state index contributed by atoms with van der Waals surface area (Å²) < 4.78 is 12.6. The van der Waals surface area contributed by atoms with Crippen LogP contribution in [0.4, 0.5) is 0 Å². The number of amides is 1. The fourth-order valence-electron chi connectivity index (χ4n) is 4.06. The maximum atomic E-state index is 13.3. The van der Waals surface area contributed by atoms with Gasteiger partial charge in [0.25, 0.3) is 5.56 Å². The quantitative estimate of drug-likeness (QED) is 0.484. The Balaban J connectivity index is 1.38. The maximum absolute atomic E-state index is 13.3. The molecule has 2 aromatic heterocycles. The van der Waals surface area contributed by atoms with Crippen LogP contribution in [0.2, 0.25) is 0 Å². The number of thiophene rings is 1. The zero-order valence-corrected chi connectivity index (χ0v) is 19.1. The van der Waals surface area contributed by atoms with E-state index in [4.69, 9.17) is 9.47 Å². The second-order valence-corrected chi connectivity index (χ2v) is 9.15. The van der Waals surface area contributed by atoms with Crippen LogP contribution in [0.25, 0.3) is 21.3 Å². The van der Waals surface area contributed by atoms with Crippen LogP contribution in [-0.2, 0) is 11.3 Å². The van der Waals surface area contributed by atoms with Gasteiger partial charge in [-0.3, -0.25) is 14.2 Å². The van der Waals surface area contributed by atoms with Crippen molar-refractivity contribution in [3.8, 4) is 22.6 Å². The molecule has 1 aliphatic rings. The van der Waals surface area contributed by atoms with Crippen LogP contribution >= 0.6 is 11.3 Å². The third-order valence-corrected chi connectivity index (χ3v) is 6.69. The van der Waals surface area contributed by atoms with Crippen molar-refractivity contribution in [3.63, 3.8) is 0 Å². The molecule has 0 aliphatic carbocycles. The largest absolute Gasteiger partial charge is 0.486 e. The van der Waals surface area contributed by atoms with Crippen molar-refractivity contribution in [3.05, 3.63) is 75.7 Å². The minimum Gasteiger partial charge on any atom is -0.486 e. The standard InChI is InChI=1S/C25H23N3O4S/c1-15(18-8-9-19-20(12-18)32-11-10-31-19)27-21(29)13-28-14-26-24-23(25(28)30)22(16(2)33-24)17-6-4-3-5-7-17/h3-9,12,14-15H,10-11,13H2,1-2H3,(H,27,29). The van der Waals surface area contributed by atoms with Crippen molar-refractivity contribution in [1.82, 2.24) is 14.9 Å². The summed E-state index contributed by atoms with van der Waals surface area (Å²) >= 11 is 1.49. The Labute approximate surface area is 194 Å². The van der Waals surface area contributed by atoms with Gasteiger partial charge in [-0.25, -0.2) is 4.98 Å². The number of nitrogens with zero attached hydrogens (tertiary/aromatic N) is 2. The second kappa shape index (κ2) is 8.71. The third kappa shape index (κ3) is 4.09. The molecule has 0 spiro atoms. The summed E-state index contributed by atoms with van der Waals surface area (Å²) in [6.45, 7) is 4.80. The summed E-state index contributed by atoms with van der Waals surface area (Å²) in [6, 6.07) is 15.2. The molecular formula is C25H23N3O4S. The molecule has 7 nitrogen and oxygen atoms in total. The molecule has 0 saturated heterocycles. The smallest absolute Gasteiger partial charge is 0.263 e. The molecule has 4 aromatic rings. The number of hydrogen-bond acceptors (Lipinski definition) is 6. The highest BCUT2D eigenvalue weighted by molar-refractivity contribution is 7.19. The van der Waals surface area contributed by atoms with Gasteiger partial charge in [-0.2, -0.15) is 0 Å². The van der Waals surface area contributed by atoms with E-state index in [0.29, 0.717) is 34.9 Å². The Morgan fingerprint density at radius 3 is 2.70 bits per heavy atom. The predicted octanol–water partition coefficient (Wildman–Crippen LogP) is 4.08. The normalized spacial score (nSPS) is 13.6. The molecule has 1 amide bonds. The van der Waals surface area contributed by atoms with Crippen LogP contribution in [0, 0.1) is 6.92 Å². The lowest BCUT2D eigenvalue weighted by Crippen LogP contribution is -2.34. The zero-order chi connectivity index (χ0) is 22.9. The van der Waals surface area contributed by atoms with E-state index in [1.165, 1.54) is 22.2 Å². The molecular weight excluding hydrogens is 438 g/mol. The van der Waals surface area contributed by atoms with E-state index < -0.39 is 0 Å². The molecule has 2 aromatic carbocycles. The third-order valence-electron chi connectivity index (χ3n) is 5.67. The highest BCUT2D eigenvalue weighted by atomic mass is 32.1. The van der Waals surface area contributed by atoms with E-state index in [2.05, 4.69) is 10.3 Å². The summed E-state index contributed by atoms with van der Waals surface area (Å²) in [5.74, 6) is 1.11. The van der Waals surface area contributed by atoms with E-state index in [-0.39, 0.29) is 24.1 Å².